The zero-order valence-electron chi connectivity index (χ0n) is 18.4. The third-order valence-electron chi connectivity index (χ3n) is 5.50. The van der Waals surface area contributed by atoms with E-state index in [1.807, 2.05) is 51.1 Å². The number of imide groups is 1. The smallest absolute Gasteiger partial charge is 0.283 e. The van der Waals surface area contributed by atoms with Crippen LogP contribution in [-0.4, -0.2) is 17.7 Å². The van der Waals surface area contributed by atoms with Crippen molar-refractivity contribution < 1.29 is 14.4 Å². The Labute approximate surface area is 196 Å². The molecule has 33 heavy (non-hydrogen) atoms. The predicted octanol–water partition coefficient (Wildman–Crippen LogP) is 5.30. The fourth-order valence-corrected chi connectivity index (χ4v) is 3.61. The quantitative estimate of drug-likeness (QED) is 0.507. The van der Waals surface area contributed by atoms with Gasteiger partial charge >= 0.3 is 0 Å². The lowest BCUT2D eigenvalue weighted by Gasteiger charge is -2.16. The highest BCUT2D eigenvalue weighted by atomic mass is 35.5. The number of aryl methyl sites for hydroxylation is 3. The molecule has 0 spiro atoms. The Bertz CT molecular complexity index is 1300. The third-order valence-corrected chi connectivity index (χ3v) is 5.85. The van der Waals surface area contributed by atoms with Gasteiger partial charge in [0, 0.05) is 16.9 Å². The second-order valence-corrected chi connectivity index (χ2v) is 8.30. The largest absolute Gasteiger partial charge is 0.350 e. The van der Waals surface area contributed by atoms with Crippen LogP contribution in [0.5, 0.6) is 0 Å². The van der Waals surface area contributed by atoms with E-state index < -0.39 is 11.8 Å². The molecule has 0 radical (unpaired) electrons. The molecule has 3 aromatic carbocycles. The van der Waals surface area contributed by atoms with E-state index in [4.69, 9.17) is 11.6 Å². The monoisotopic (exact) mass is 459 g/mol. The highest BCUT2D eigenvalue weighted by molar-refractivity contribution is 6.53. The van der Waals surface area contributed by atoms with Crippen LogP contribution in [0.25, 0.3) is 0 Å². The van der Waals surface area contributed by atoms with Crippen molar-refractivity contribution >= 4 is 46.4 Å². The van der Waals surface area contributed by atoms with Crippen LogP contribution in [0.2, 0.25) is 0 Å². The summed E-state index contributed by atoms with van der Waals surface area (Å²) in [6.07, 6.45) is 0. The van der Waals surface area contributed by atoms with Gasteiger partial charge in [-0.05, 0) is 80.4 Å². The topological polar surface area (TPSA) is 78.5 Å². The van der Waals surface area contributed by atoms with E-state index in [0.29, 0.717) is 22.6 Å². The van der Waals surface area contributed by atoms with Gasteiger partial charge in [0.05, 0.1) is 5.69 Å². The Morgan fingerprint density at radius 1 is 0.788 bits per heavy atom. The molecule has 1 heterocycles. The molecule has 1 aliphatic heterocycles. The fraction of sp³-hybridized carbons (Fsp3) is 0.115. The molecule has 0 atom stereocenters. The Morgan fingerprint density at radius 3 is 2.06 bits per heavy atom. The first kappa shape index (κ1) is 22.3. The average molecular weight is 460 g/mol. The third kappa shape index (κ3) is 4.52. The van der Waals surface area contributed by atoms with E-state index in [2.05, 4.69) is 10.6 Å². The first-order valence-corrected chi connectivity index (χ1v) is 10.7. The van der Waals surface area contributed by atoms with E-state index in [9.17, 15) is 14.4 Å². The van der Waals surface area contributed by atoms with Crippen LogP contribution < -0.4 is 15.5 Å². The van der Waals surface area contributed by atoms with Crippen LogP contribution in [-0.2, 0) is 9.59 Å². The van der Waals surface area contributed by atoms with Gasteiger partial charge < -0.3 is 10.6 Å². The van der Waals surface area contributed by atoms with Crippen LogP contribution in [0.15, 0.2) is 77.5 Å². The van der Waals surface area contributed by atoms with Crippen molar-refractivity contribution in [2.75, 3.05) is 15.5 Å². The zero-order chi connectivity index (χ0) is 23.7. The number of carbonyl (C=O) groups is 3. The molecule has 0 bridgehead atoms. The van der Waals surface area contributed by atoms with E-state index >= 15 is 0 Å². The molecule has 0 fully saturated rings. The summed E-state index contributed by atoms with van der Waals surface area (Å²) in [5.41, 5.74) is 5.26. The summed E-state index contributed by atoms with van der Waals surface area (Å²) in [7, 11) is 0. The maximum absolute atomic E-state index is 13.0. The Balaban J connectivity index is 1.48. The zero-order valence-corrected chi connectivity index (χ0v) is 19.2. The van der Waals surface area contributed by atoms with Crippen molar-refractivity contribution in [2.45, 2.75) is 20.8 Å². The molecule has 4 rings (SSSR count). The SMILES string of the molecule is Cc1ccc(NC(=O)c2ccc(NC3=C(Cl)C(=O)N(c4ccc(C)c(C)c4)C3=O)cc2)cc1. The van der Waals surface area contributed by atoms with E-state index in [1.165, 1.54) is 0 Å². The van der Waals surface area contributed by atoms with Gasteiger partial charge in [0.25, 0.3) is 17.7 Å². The van der Waals surface area contributed by atoms with Crippen molar-refractivity contribution in [3.8, 4) is 0 Å². The molecule has 6 nitrogen and oxygen atoms in total. The van der Waals surface area contributed by atoms with Crippen molar-refractivity contribution in [3.63, 3.8) is 0 Å². The molecule has 3 amide bonds. The number of benzene rings is 3. The van der Waals surface area contributed by atoms with Crippen molar-refractivity contribution in [2.24, 2.45) is 0 Å². The van der Waals surface area contributed by atoms with Crippen molar-refractivity contribution in [1.82, 2.24) is 0 Å². The molecule has 1 aliphatic rings. The molecule has 0 saturated heterocycles. The van der Waals surface area contributed by atoms with Gasteiger partial charge in [-0.25, -0.2) is 4.90 Å². The number of anilines is 3. The number of amides is 3. The van der Waals surface area contributed by atoms with Crippen LogP contribution >= 0.6 is 11.6 Å². The van der Waals surface area contributed by atoms with Crippen molar-refractivity contribution in [1.29, 1.82) is 0 Å². The Hall–Kier alpha value is -3.90. The van der Waals surface area contributed by atoms with E-state index in [-0.39, 0.29) is 16.6 Å². The average Bonchev–Trinajstić information content (AvgIpc) is 3.01. The van der Waals surface area contributed by atoms with Crippen LogP contribution in [0, 0.1) is 20.8 Å². The first-order chi connectivity index (χ1) is 15.7. The second kappa shape index (κ2) is 8.92. The number of rotatable bonds is 5. The Morgan fingerprint density at radius 2 is 1.42 bits per heavy atom. The van der Waals surface area contributed by atoms with Gasteiger partial charge in [0.15, 0.2) is 0 Å². The summed E-state index contributed by atoms with van der Waals surface area (Å²) in [6.45, 7) is 5.84. The van der Waals surface area contributed by atoms with Gasteiger partial charge in [0.2, 0.25) is 0 Å². The van der Waals surface area contributed by atoms with Crippen molar-refractivity contribution in [3.05, 3.63) is 99.7 Å². The summed E-state index contributed by atoms with van der Waals surface area (Å²) in [6, 6.07) is 19.4. The lowest BCUT2D eigenvalue weighted by molar-refractivity contribution is -0.120. The van der Waals surface area contributed by atoms with Gasteiger partial charge in [-0.2, -0.15) is 0 Å². The van der Waals surface area contributed by atoms with E-state index in [0.717, 1.165) is 21.6 Å². The molecule has 0 aromatic heterocycles. The maximum Gasteiger partial charge on any atom is 0.283 e. The summed E-state index contributed by atoms with van der Waals surface area (Å²) < 4.78 is 0. The summed E-state index contributed by atoms with van der Waals surface area (Å²) in [5, 5.41) is 5.58. The number of nitrogens with zero attached hydrogens (tertiary/aromatic N) is 1. The maximum atomic E-state index is 13.0. The number of nitrogens with one attached hydrogen (secondary N) is 2. The minimum absolute atomic E-state index is 0.00301. The minimum Gasteiger partial charge on any atom is -0.350 e. The molecule has 0 unspecified atom stereocenters. The predicted molar refractivity (Wildman–Crippen MR) is 130 cm³/mol. The molecule has 2 N–H and O–H groups in total. The van der Waals surface area contributed by atoms with Crippen LogP contribution in [0.3, 0.4) is 0 Å². The van der Waals surface area contributed by atoms with Crippen LogP contribution in [0.4, 0.5) is 17.1 Å². The fourth-order valence-electron chi connectivity index (χ4n) is 3.40. The molecule has 166 valence electrons. The number of hydrogen-bond acceptors (Lipinski definition) is 4. The standard InChI is InChI=1S/C26H22ClN3O3/c1-15-4-9-20(10-5-15)29-24(31)18-7-11-19(12-8-18)28-23-22(27)25(32)30(26(23)33)21-13-6-16(2)17(3)14-21/h4-14,28H,1-3H3,(H,29,31). The molecular formula is C26H22ClN3O3. The molecule has 3 aromatic rings. The van der Waals surface area contributed by atoms with Gasteiger partial charge in [-0.3, -0.25) is 14.4 Å². The molecule has 0 saturated carbocycles. The number of hydrogen-bond donors (Lipinski definition) is 2. The number of halogens is 1. The molecule has 0 aliphatic carbocycles. The lowest BCUT2D eigenvalue weighted by Crippen LogP contribution is -2.32. The van der Waals surface area contributed by atoms with Gasteiger partial charge in [-0.15, -0.1) is 0 Å². The molecule has 7 heteroatoms. The highest BCUT2D eigenvalue weighted by Crippen LogP contribution is 2.31. The molecular weight excluding hydrogens is 438 g/mol. The summed E-state index contributed by atoms with van der Waals surface area (Å²) in [5.74, 6) is -1.37. The van der Waals surface area contributed by atoms with Crippen LogP contribution in [0.1, 0.15) is 27.0 Å². The van der Waals surface area contributed by atoms with E-state index in [1.54, 1.807) is 36.4 Å². The number of carbonyl (C=O) groups excluding carboxylic acids is 3. The highest BCUT2D eigenvalue weighted by Gasteiger charge is 2.39. The normalized spacial score (nSPS) is 13.5. The summed E-state index contributed by atoms with van der Waals surface area (Å²) >= 11 is 6.21. The Kier molecular flexibility index (Phi) is 6.03. The second-order valence-electron chi connectivity index (χ2n) is 7.93. The lowest BCUT2D eigenvalue weighted by atomic mass is 10.1. The van der Waals surface area contributed by atoms with Gasteiger partial charge in [-0.1, -0.05) is 35.4 Å². The summed E-state index contributed by atoms with van der Waals surface area (Å²) in [4.78, 5) is 39.2. The first-order valence-electron chi connectivity index (χ1n) is 10.4. The van der Waals surface area contributed by atoms with Gasteiger partial charge in [0.1, 0.15) is 10.7 Å². The minimum atomic E-state index is -0.582.